The molecule has 0 saturated carbocycles. The van der Waals surface area contributed by atoms with Gasteiger partial charge >= 0.3 is 0 Å². The Kier molecular flexibility index (Phi) is 5.22. The number of amides is 1. The molecule has 134 valence electrons. The van der Waals surface area contributed by atoms with Crippen LogP contribution in [0.3, 0.4) is 0 Å². The fourth-order valence-corrected chi connectivity index (χ4v) is 2.63. The molecule has 1 heterocycles. The van der Waals surface area contributed by atoms with Crippen molar-refractivity contribution in [1.82, 2.24) is 10.1 Å². The van der Waals surface area contributed by atoms with E-state index in [1.807, 2.05) is 30.3 Å². The summed E-state index contributed by atoms with van der Waals surface area (Å²) in [4.78, 5) is 14.2. The molecule has 0 bridgehead atoms. The van der Waals surface area contributed by atoms with Crippen molar-refractivity contribution in [3.63, 3.8) is 0 Å². The minimum absolute atomic E-state index is 0.217. The monoisotopic (exact) mass is 352 g/mol. The van der Waals surface area contributed by atoms with Gasteiger partial charge in [0.1, 0.15) is 11.5 Å². The molecule has 3 aromatic rings. The smallest absolute Gasteiger partial charge is 0.276 e. The van der Waals surface area contributed by atoms with Crippen LogP contribution in [-0.2, 0) is 6.54 Å². The second kappa shape index (κ2) is 7.74. The number of ether oxygens (including phenoxy) is 2. The summed E-state index contributed by atoms with van der Waals surface area (Å²) >= 11 is 0. The zero-order chi connectivity index (χ0) is 18.5. The van der Waals surface area contributed by atoms with E-state index in [0.29, 0.717) is 29.4 Å². The first-order valence-corrected chi connectivity index (χ1v) is 8.11. The van der Waals surface area contributed by atoms with E-state index in [9.17, 15) is 4.79 Å². The van der Waals surface area contributed by atoms with E-state index in [4.69, 9.17) is 14.0 Å². The average Bonchev–Trinajstić information content (AvgIpc) is 3.17. The molecule has 1 amide bonds. The molecule has 3 rings (SSSR count). The van der Waals surface area contributed by atoms with Crippen LogP contribution in [0.1, 0.15) is 16.1 Å². The van der Waals surface area contributed by atoms with Gasteiger partial charge in [-0.2, -0.15) is 0 Å². The van der Waals surface area contributed by atoms with E-state index >= 15 is 0 Å². The number of carbonyl (C=O) groups excluding carboxylic acids is 1. The Bertz CT molecular complexity index is 890. The number of benzene rings is 2. The van der Waals surface area contributed by atoms with Crippen LogP contribution in [0.4, 0.5) is 0 Å². The topological polar surface area (TPSA) is 64.8 Å². The highest BCUT2D eigenvalue weighted by molar-refractivity contribution is 5.93. The van der Waals surface area contributed by atoms with E-state index in [-0.39, 0.29) is 11.6 Å². The van der Waals surface area contributed by atoms with Crippen LogP contribution in [0, 0.1) is 0 Å². The summed E-state index contributed by atoms with van der Waals surface area (Å²) in [5.41, 5.74) is 1.95. The van der Waals surface area contributed by atoms with Crippen LogP contribution in [-0.4, -0.2) is 37.2 Å². The molecular weight excluding hydrogens is 332 g/mol. The largest absolute Gasteiger partial charge is 0.497 e. The lowest BCUT2D eigenvalue weighted by Gasteiger charge is -2.15. The van der Waals surface area contributed by atoms with Gasteiger partial charge < -0.3 is 18.9 Å². The summed E-state index contributed by atoms with van der Waals surface area (Å²) in [6, 6.07) is 16.7. The molecule has 0 saturated heterocycles. The van der Waals surface area contributed by atoms with Gasteiger partial charge in [-0.1, -0.05) is 35.5 Å². The fourth-order valence-electron chi connectivity index (χ4n) is 2.63. The highest BCUT2D eigenvalue weighted by Crippen LogP contribution is 2.33. The third kappa shape index (κ3) is 3.69. The zero-order valence-electron chi connectivity index (χ0n) is 14.9. The maximum atomic E-state index is 12.6. The lowest BCUT2D eigenvalue weighted by atomic mass is 10.1. The van der Waals surface area contributed by atoms with Gasteiger partial charge in [-0.25, -0.2) is 0 Å². The SMILES string of the molecule is COc1ccc(OC)c(-c2cc(C(=O)N(C)Cc3ccccc3)no2)c1. The van der Waals surface area contributed by atoms with Crippen molar-refractivity contribution in [2.24, 2.45) is 0 Å². The quantitative estimate of drug-likeness (QED) is 0.678. The second-order valence-corrected chi connectivity index (χ2v) is 5.79. The molecular formula is C20H20N2O4. The summed E-state index contributed by atoms with van der Waals surface area (Å²) in [6.07, 6.45) is 0. The zero-order valence-corrected chi connectivity index (χ0v) is 14.9. The predicted octanol–water partition coefficient (Wildman–Crippen LogP) is 3.63. The maximum absolute atomic E-state index is 12.6. The summed E-state index contributed by atoms with van der Waals surface area (Å²) in [5, 5.41) is 3.92. The van der Waals surface area contributed by atoms with Crippen LogP contribution in [0.5, 0.6) is 11.5 Å². The second-order valence-electron chi connectivity index (χ2n) is 5.79. The number of hydrogen-bond acceptors (Lipinski definition) is 5. The molecule has 6 nitrogen and oxygen atoms in total. The van der Waals surface area contributed by atoms with Crippen LogP contribution in [0.2, 0.25) is 0 Å². The molecule has 0 unspecified atom stereocenters. The number of hydrogen-bond donors (Lipinski definition) is 0. The third-order valence-corrected chi connectivity index (χ3v) is 4.01. The summed E-state index contributed by atoms with van der Waals surface area (Å²) < 4.78 is 16.0. The van der Waals surface area contributed by atoms with Crippen LogP contribution in [0.15, 0.2) is 59.1 Å². The van der Waals surface area contributed by atoms with E-state index in [1.54, 1.807) is 50.4 Å². The number of aromatic nitrogens is 1. The molecule has 1 aromatic heterocycles. The molecule has 0 spiro atoms. The molecule has 2 aromatic carbocycles. The molecule has 6 heteroatoms. The van der Waals surface area contributed by atoms with Gasteiger partial charge in [0.25, 0.3) is 5.91 Å². The molecule has 26 heavy (non-hydrogen) atoms. The number of methoxy groups -OCH3 is 2. The molecule has 0 aliphatic carbocycles. The highest BCUT2D eigenvalue weighted by Gasteiger charge is 2.20. The third-order valence-electron chi connectivity index (χ3n) is 4.01. The van der Waals surface area contributed by atoms with Crippen molar-refractivity contribution in [2.45, 2.75) is 6.54 Å². The number of carbonyl (C=O) groups is 1. The summed E-state index contributed by atoms with van der Waals surface area (Å²) in [7, 11) is 4.89. The van der Waals surface area contributed by atoms with E-state index in [0.717, 1.165) is 5.56 Å². The van der Waals surface area contributed by atoms with Crippen molar-refractivity contribution >= 4 is 5.91 Å². The van der Waals surface area contributed by atoms with E-state index < -0.39 is 0 Å². The highest BCUT2D eigenvalue weighted by atomic mass is 16.5. The number of nitrogens with zero attached hydrogens (tertiary/aromatic N) is 2. The lowest BCUT2D eigenvalue weighted by molar-refractivity contribution is 0.0775. The Balaban J connectivity index is 1.82. The Labute approximate surface area is 151 Å². The van der Waals surface area contributed by atoms with Crippen molar-refractivity contribution < 1.29 is 18.8 Å². The van der Waals surface area contributed by atoms with E-state index in [2.05, 4.69) is 5.16 Å². The van der Waals surface area contributed by atoms with Crippen molar-refractivity contribution in [3.8, 4) is 22.8 Å². The van der Waals surface area contributed by atoms with Gasteiger partial charge in [-0.05, 0) is 23.8 Å². The minimum Gasteiger partial charge on any atom is -0.497 e. The van der Waals surface area contributed by atoms with Crippen molar-refractivity contribution in [3.05, 3.63) is 65.9 Å². The lowest BCUT2D eigenvalue weighted by Crippen LogP contribution is -2.26. The van der Waals surface area contributed by atoms with Crippen molar-refractivity contribution in [1.29, 1.82) is 0 Å². The first-order valence-electron chi connectivity index (χ1n) is 8.11. The molecule has 0 aliphatic rings. The van der Waals surface area contributed by atoms with E-state index in [1.165, 1.54) is 0 Å². The Morgan fingerprint density at radius 1 is 1.08 bits per heavy atom. The van der Waals surface area contributed by atoms with Gasteiger partial charge in [-0.15, -0.1) is 0 Å². The normalized spacial score (nSPS) is 10.4. The Hall–Kier alpha value is -3.28. The standard InChI is InChI=1S/C20H20N2O4/c1-22(13-14-7-5-4-6-8-14)20(23)17-12-19(26-21-17)16-11-15(24-2)9-10-18(16)25-3/h4-12H,13H2,1-3H3. The molecule has 0 fully saturated rings. The van der Waals surface area contributed by atoms with Gasteiger partial charge in [0, 0.05) is 19.7 Å². The summed E-state index contributed by atoms with van der Waals surface area (Å²) in [6.45, 7) is 0.490. The number of rotatable bonds is 6. The van der Waals surface area contributed by atoms with Crippen molar-refractivity contribution in [2.75, 3.05) is 21.3 Å². The fraction of sp³-hybridized carbons (Fsp3) is 0.200. The first kappa shape index (κ1) is 17.5. The average molecular weight is 352 g/mol. The van der Waals surface area contributed by atoms with Gasteiger partial charge in [0.2, 0.25) is 0 Å². The minimum atomic E-state index is -0.217. The predicted molar refractivity (Wildman–Crippen MR) is 97.3 cm³/mol. The maximum Gasteiger partial charge on any atom is 0.276 e. The molecule has 0 radical (unpaired) electrons. The Morgan fingerprint density at radius 2 is 1.85 bits per heavy atom. The summed E-state index contributed by atoms with van der Waals surface area (Å²) in [5.74, 6) is 1.49. The van der Waals surface area contributed by atoms with Gasteiger partial charge in [0.05, 0.1) is 19.8 Å². The van der Waals surface area contributed by atoms with Crippen LogP contribution < -0.4 is 9.47 Å². The molecule has 0 atom stereocenters. The van der Waals surface area contributed by atoms with Crippen LogP contribution in [0.25, 0.3) is 11.3 Å². The Morgan fingerprint density at radius 3 is 2.54 bits per heavy atom. The van der Waals surface area contributed by atoms with Gasteiger partial charge in [0.15, 0.2) is 11.5 Å². The molecule has 0 aliphatic heterocycles. The van der Waals surface area contributed by atoms with Gasteiger partial charge in [-0.3, -0.25) is 4.79 Å². The van der Waals surface area contributed by atoms with Crippen LogP contribution >= 0.6 is 0 Å². The molecule has 0 N–H and O–H groups in total. The first-order chi connectivity index (χ1) is 12.6.